The SMILES string of the molecule is CCCc1sc(C(=O)OC)cc1N. The van der Waals surface area contributed by atoms with E-state index in [0.29, 0.717) is 10.6 Å². The highest BCUT2D eigenvalue weighted by atomic mass is 32.1. The maximum absolute atomic E-state index is 11.1. The van der Waals surface area contributed by atoms with Crippen molar-refractivity contribution in [3.63, 3.8) is 0 Å². The van der Waals surface area contributed by atoms with Gasteiger partial charge in [-0.2, -0.15) is 0 Å². The Morgan fingerprint density at radius 3 is 2.92 bits per heavy atom. The Balaban J connectivity index is 2.88. The predicted molar refractivity (Wildman–Crippen MR) is 54.1 cm³/mol. The molecule has 0 spiro atoms. The third kappa shape index (κ3) is 2.21. The minimum absolute atomic E-state index is 0.306. The van der Waals surface area contributed by atoms with Gasteiger partial charge in [-0.1, -0.05) is 13.3 Å². The molecule has 0 aliphatic heterocycles. The highest BCUT2D eigenvalue weighted by molar-refractivity contribution is 7.14. The zero-order chi connectivity index (χ0) is 9.84. The molecule has 72 valence electrons. The number of carbonyl (C=O) groups excluding carboxylic acids is 1. The average Bonchev–Trinajstić information content (AvgIpc) is 2.47. The van der Waals surface area contributed by atoms with Crippen LogP contribution in [0.2, 0.25) is 0 Å². The Morgan fingerprint density at radius 1 is 1.69 bits per heavy atom. The van der Waals surface area contributed by atoms with Crippen LogP contribution < -0.4 is 5.73 Å². The Labute approximate surface area is 81.5 Å². The molecule has 0 fully saturated rings. The molecule has 1 heterocycles. The topological polar surface area (TPSA) is 52.3 Å². The molecule has 0 aliphatic carbocycles. The summed E-state index contributed by atoms with van der Waals surface area (Å²) in [4.78, 5) is 12.8. The van der Waals surface area contributed by atoms with Crippen molar-refractivity contribution in [2.45, 2.75) is 19.8 Å². The van der Waals surface area contributed by atoms with Crippen LogP contribution in [0.25, 0.3) is 0 Å². The molecule has 0 bridgehead atoms. The molecule has 0 aliphatic rings. The number of ether oxygens (including phenoxy) is 1. The number of aryl methyl sites for hydroxylation is 1. The first-order valence-electron chi connectivity index (χ1n) is 4.15. The van der Waals surface area contributed by atoms with Crippen molar-refractivity contribution < 1.29 is 9.53 Å². The van der Waals surface area contributed by atoms with Crippen LogP contribution in [0.5, 0.6) is 0 Å². The summed E-state index contributed by atoms with van der Waals surface area (Å²) in [6.07, 6.45) is 1.96. The molecule has 0 saturated carbocycles. The lowest BCUT2D eigenvalue weighted by atomic mass is 10.2. The van der Waals surface area contributed by atoms with E-state index in [-0.39, 0.29) is 5.97 Å². The molecule has 0 unspecified atom stereocenters. The maximum Gasteiger partial charge on any atom is 0.348 e. The van der Waals surface area contributed by atoms with Crippen molar-refractivity contribution in [1.29, 1.82) is 0 Å². The van der Waals surface area contributed by atoms with E-state index in [1.807, 2.05) is 0 Å². The molecule has 1 aromatic heterocycles. The summed E-state index contributed by atoms with van der Waals surface area (Å²) in [6, 6.07) is 1.68. The first kappa shape index (κ1) is 10.1. The molecule has 2 N–H and O–H groups in total. The van der Waals surface area contributed by atoms with Crippen LogP contribution in [0.1, 0.15) is 27.9 Å². The highest BCUT2D eigenvalue weighted by Gasteiger charge is 2.12. The number of thiophene rings is 1. The second kappa shape index (κ2) is 4.28. The third-order valence-electron chi connectivity index (χ3n) is 1.71. The molecule has 0 aromatic carbocycles. The van der Waals surface area contributed by atoms with Gasteiger partial charge in [-0.05, 0) is 12.5 Å². The third-order valence-corrected chi connectivity index (χ3v) is 2.90. The second-order valence-electron chi connectivity index (χ2n) is 2.73. The van der Waals surface area contributed by atoms with Crippen LogP contribution in [-0.2, 0) is 11.2 Å². The molecule has 1 aromatic rings. The zero-order valence-electron chi connectivity index (χ0n) is 7.79. The van der Waals surface area contributed by atoms with E-state index in [4.69, 9.17) is 5.73 Å². The highest BCUT2D eigenvalue weighted by Crippen LogP contribution is 2.26. The van der Waals surface area contributed by atoms with Gasteiger partial charge in [-0.3, -0.25) is 0 Å². The molecule has 0 radical (unpaired) electrons. The number of nitrogen functional groups attached to an aromatic ring is 1. The molecular formula is C9H13NO2S. The quantitative estimate of drug-likeness (QED) is 0.758. The van der Waals surface area contributed by atoms with Gasteiger partial charge >= 0.3 is 5.97 Å². The minimum atomic E-state index is -0.306. The van der Waals surface area contributed by atoms with Crippen molar-refractivity contribution in [3.05, 3.63) is 15.8 Å². The van der Waals surface area contributed by atoms with Crippen LogP contribution in [0.15, 0.2) is 6.07 Å². The number of nitrogens with two attached hydrogens (primary N) is 1. The van der Waals surface area contributed by atoms with E-state index in [0.717, 1.165) is 17.7 Å². The van der Waals surface area contributed by atoms with Crippen LogP contribution in [0.3, 0.4) is 0 Å². The van der Waals surface area contributed by atoms with Crippen molar-refractivity contribution in [2.75, 3.05) is 12.8 Å². The number of anilines is 1. The monoisotopic (exact) mass is 199 g/mol. The molecule has 13 heavy (non-hydrogen) atoms. The second-order valence-corrected chi connectivity index (χ2v) is 3.87. The van der Waals surface area contributed by atoms with E-state index >= 15 is 0 Å². The van der Waals surface area contributed by atoms with Gasteiger partial charge in [-0.25, -0.2) is 4.79 Å². The van der Waals surface area contributed by atoms with Crippen molar-refractivity contribution in [2.24, 2.45) is 0 Å². The fourth-order valence-corrected chi connectivity index (χ4v) is 2.17. The molecule has 0 amide bonds. The molecule has 3 nitrogen and oxygen atoms in total. The van der Waals surface area contributed by atoms with E-state index in [9.17, 15) is 4.79 Å². The van der Waals surface area contributed by atoms with Crippen LogP contribution in [0, 0.1) is 0 Å². The Kier molecular flexibility index (Phi) is 3.31. The van der Waals surface area contributed by atoms with E-state index in [1.54, 1.807) is 6.07 Å². The van der Waals surface area contributed by atoms with Crippen LogP contribution in [-0.4, -0.2) is 13.1 Å². The maximum atomic E-state index is 11.1. The summed E-state index contributed by atoms with van der Waals surface area (Å²) in [5.74, 6) is -0.306. The largest absolute Gasteiger partial charge is 0.465 e. The zero-order valence-corrected chi connectivity index (χ0v) is 8.61. The lowest BCUT2D eigenvalue weighted by Crippen LogP contribution is -1.97. The Morgan fingerprint density at radius 2 is 2.38 bits per heavy atom. The van der Waals surface area contributed by atoms with E-state index < -0.39 is 0 Å². The van der Waals surface area contributed by atoms with Gasteiger partial charge in [-0.15, -0.1) is 11.3 Å². The lowest BCUT2D eigenvalue weighted by Gasteiger charge is -1.93. The molecule has 0 atom stereocenters. The van der Waals surface area contributed by atoms with E-state index in [2.05, 4.69) is 11.7 Å². The van der Waals surface area contributed by atoms with Crippen molar-refractivity contribution in [3.8, 4) is 0 Å². The fourth-order valence-electron chi connectivity index (χ4n) is 1.07. The number of esters is 1. The number of rotatable bonds is 3. The number of carbonyl (C=O) groups is 1. The number of hydrogen-bond acceptors (Lipinski definition) is 4. The van der Waals surface area contributed by atoms with E-state index in [1.165, 1.54) is 18.4 Å². The predicted octanol–water partition coefficient (Wildman–Crippen LogP) is 2.07. The molecule has 0 saturated heterocycles. The van der Waals surface area contributed by atoms with Gasteiger partial charge in [0.2, 0.25) is 0 Å². The van der Waals surface area contributed by atoms with Gasteiger partial charge in [0.1, 0.15) is 4.88 Å². The lowest BCUT2D eigenvalue weighted by molar-refractivity contribution is 0.0606. The Bertz CT molecular complexity index is 307. The summed E-state index contributed by atoms with van der Waals surface area (Å²) >= 11 is 1.42. The van der Waals surface area contributed by atoms with Gasteiger partial charge in [0.05, 0.1) is 7.11 Å². The average molecular weight is 199 g/mol. The first-order chi connectivity index (χ1) is 6.19. The fraction of sp³-hybridized carbons (Fsp3) is 0.444. The Hall–Kier alpha value is -1.03. The van der Waals surface area contributed by atoms with Gasteiger partial charge < -0.3 is 10.5 Å². The summed E-state index contributed by atoms with van der Waals surface area (Å²) in [5.41, 5.74) is 6.42. The van der Waals surface area contributed by atoms with Crippen molar-refractivity contribution >= 4 is 23.0 Å². The standard InChI is InChI=1S/C9H13NO2S/c1-3-4-7-6(10)5-8(13-7)9(11)12-2/h5H,3-4,10H2,1-2H3. The van der Waals surface area contributed by atoms with Crippen LogP contribution >= 0.6 is 11.3 Å². The number of hydrogen-bond donors (Lipinski definition) is 1. The summed E-state index contributed by atoms with van der Waals surface area (Å²) in [6.45, 7) is 2.08. The van der Waals surface area contributed by atoms with Crippen molar-refractivity contribution in [1.82, 2.24) is 0 Å². The van der Waals surface area contributed by atoms with Gasteiger partial charge in [0.15, 0.2) is 0 Å². The first-order valence-corrected chi connectivity index (χ1v) is 4.97. The molecular weight excluding hydrogens is 186 g/mol. The number of methoxy groups -OCH3 is 1. The van der Waals surface area contributed by atoms with Gasteiger partial charge in [0, 0.05) is 10.6 Å². The smallest absolute Gasteiger partial charge is 0.348 e. The normalized spacial score (nSPS) is 10.0. The molecule has 1 rings (SSSR count). The van der Waals surface area contributed by atoms with Gasteiger partial charge in [0.25, 0.3) is 0 Å². The molecule has 4 heteroatoms. The summed E-state index contributed by atoms with van der Waals surface area (Å²) < 4.78 is 4.60. The summed E-state index contributed by atoms with van der Waals surface area (Å²) in [5, 5.41) is 0. The summed E-state index contributed by atoms with van der Waals surface area (Å²) in [7, 11) is 1.37. The minimum Gasteiger partial charge on any atom is -0.465 e. The van der Waals surface area contributed by atoms with Crippen LogP contribution in [0.4, 0.5) is 5.69 Å².